The number of hydrogen-bond acceptors (Lipinski definition) is 2. The first-order valence-electron chi connectivity index (χ1n) is 16.4. The topological polar surface area (TPSA) is 40.6 Å². The molecule has 0 spiro atoms. The molecule has 0 aromatic carbocycles. The van der Waals surface area contributed by atoms with Crippen LogP contribution in [0.15, 0.2) is 12.2 Å². The van der Waals surface area contributed by atoms with E-state index in [1.165, 1.54) is 69.8 Å². The molecule has 0 bridgehead atoms. The Morgan fingerprint density at radius 1 is 0.842 bits per heavy atom. The predicted octanol–water partition coefficient (Wildman–Crippen LogP) is 7.48. The minimum Gasteiger partial charge on any atom is -0.343 e. The van der Waals surface area contributed by atoms with Gasteiger partial charge in [0.2, 0.25) is 11.8 Å². The van der Waals surface area contributed by atoms with Gasteiger partial charge in [-0.1, -0.05) is 32.9 Å². The van der Waals surface area contributed by atoms with Gasteiger partial charge in [0.1, 0.15) is 0 Å². The number of rotatable bonds is 8. The molecule has 2 amide bonds. The SMILES string of the molecule is C=C(C)C1CC[C@H]2[C@@H]3CC[C@H]([C@H](C)CCC(=O)N4CCCC4)[C@@]3(C)CC[C@@H]2[C@@]1(C)CCC(=O)N1CCCC1. The van der Waals surface area contributed by atoms with Gasteiger partial charge in [0.05, 0.1) is 0 Å². The lowest BCUT2D eigenvalue weighted by atomic mass is 9.45. The molecule has 0 aromatic rings. The first kappa shape index (κ1) is 28.2. The maximum atomic E-state index is 13.1. The Labute approximate surface area is 233 Å². The molecule has 0 radical (unpaired) electrons. The molecule has 5 fully saturated rings. The van der Waals surface area contributed by atoms with Crippen LogP contribution in [0.25, 0.3) is 0 Å². The van der Waals surface area contributed by atoms with Crippen molar-refractivity contribution in [3.63, 3.8) is 0 Å². The molecule has 0 N–H and O–H groups in total. The van der Waals surface area contributed by atoms with Gasteiger partial charge in [-0.05, 0) is 130 Å². The van der Waals surface area contributed by atoms with E-state index in [-0.39, 0.29) is 5.41 Å². The summed E-state index contributed by atoms with van der Waals surface area (Å²) in [6.07, 6.45) is 16.2. The summed E-state index contributed by atoms with van der Waals surface area (Å²) in [6, 6.07) is 0. The van der Waals surface area contributed by atoms with Gasteiger partial charge in [-0.15, -0.1) is 0 Å². The second-order valence-electron chi connectivity index (χ2n) is 14.8. The summed E-state index contributed by atoms with van der Waals surface area (Å²) in [6.45, 7) is 18.2. The van der Waals surface area contributed by atoms with Crippen LogP contribution in [0.2, 0.25) is 0 Å². The molecule has 2 heterocycles. The monoisotopic (exact) mass is 524 g/mol. The van der Waals surface area contributed by atoms with Gasteiger partial charge in [-0.2, -0.15) is 0 Å². The van der Waals surface area contributed by atoms with Gasteiger partial charge < -0.3 is 9.80 Å². The summed E-state index contributed by atoms with van der Waals surface area (Å²) in [7, 11) is 0. The molecular weight excluding hydrogens is 468 g/mol. The van der Waals surface area contributed by atoms with Crippen LogP contribution in [0, 0.1) is 46.3 Å². The van der Waals surface area contributed by atoms with Crippen molar-refractivity contribution >= 4 is 11.8 Å². The molecule has 4 nitrogen and oxygen atoms in total. The molecule has 5 rings (SSSR count). The number of amides is 2. The summed E-state index contributed by atoms with van der Waals surface area (Å²) in [5.41, 5.74) is 1.95. The van der Waals surface area contributed by atoms with Gasteiger partial charge in [0.25, 0.3) is 0 Å². The van der Waals surface area contributed by atoms with Crippen molar-refractivity contribution in [3.8, 4) is 0 Å². The average molecular weight is 525 g/mol. The highest BCUT2D eigenvalue weighted by atomic mass is 16.2. The summed E-state index contributed by atoms with van der Waals surface area (Å²) in [4.78, 5) is 30.1. The highest BCUT2D eigenvalue weighted by Crippen LogP contribution is 2.68. The van der Waals surface area contributed by atoms with E-state index in [4.69, 9.17) is 0 Å². The third kappa shape index (κ3) is 5.12. The Kier molecular flexibility index (Phi) is 8.38. The van der Waals surface area contributed by atoms with Crippen LogP contribution >= 0.6 is 0 Å². The number of carbonyl (C=O) groups is 2. The number of hydrogen-bond donors (Lipinski definition) is 0. The van der Waals surface area contributed by atoms with E-state index in [2.05, 4.69) is 44.1 Å². The fourth-order valence-corrected chi connectivity index (χ4v) is 10.8. The van der Waals surface area contributed by atoms with Gasteiger partial charge >= 0.3 is 0 Å². The fourth-order valence-electron chi connectivity index (χ4n) is 10.8. The molecule has 3 aliphatic carbocycles. The van der Waals surface area contributed by atoms with E-state index >= 15 is 0 Å². The van der Waals surface area contributed by atoms with Gasteiger partial charge in [0, 0.05) is 39.0 Å². The van der Waals surface area contributed by atoms with E-state index in [1.54, 1.807) is 0 Å². The highest BCUT2D eigenvalue weighted by molar-refractivity contribution is 5.76. The number of fused-ring (bicyclic) bond motifs is 3. The minimum atomic E-state index is 0.192. The van der Waals surface area contributed by atoms with Crippen LogP contribution in [0.1, 0.15) is 118 Å². The zero-order chi connectivity index (χ0) is 27.1. The Balaban J connectivity index is 1.26. The maximum absolute atomic E-state index is 13.1. The van der Waals surface area contributed by atoms with E-state index in [1.807, 2.05) is 0 Å². The average Bonchev–Trinajstić information content (AvgIpc) is 3.66. The quantitative estimate of drug-likeness (QED) is 0.309. The smallest absolute Gasteiger partial charge is 0.222 e. The lowest BCUT2D eigenvalue weighted by Gasteiger charge is -2.60. The van der Waals surface area contributed by atoms with Crippen LogP contribution in [0.3, 0.4) is 0 Å². The first-order valence-corrected chi connectivity index (χ1v) is 16.4. The summed E-state index contributed by atoms with van der Waals surface area (Å²) >= 11 is 0. The van der Waals surface area contributed by atoms with Crippen LogP contribution < -0.4 is 0 Å². The minimum absolute atomic E-state index is 0.192. The molecule has 38 heavy (non-hydrogen) atoms. The Morgan fingerprint density at radius 3 is 2.05 bits per heavy atom. The maximum Gasteiger partial charge on any atom is 0.222 e. The molecule has 4 heteroatoms. The molecule has 8 atom stereocenters. The molecular formula is C34H56N2O2. The van der Waals surface area contributed by atoms with Gasteiger partial charge in [0.15, 0.2) is 0 Å². The van der Waals surface area contributed by atoms with Crippen molar-refractivity contribution in [3.05, 3.63) is 12.2 Å². The van der Waals surface area contributed by atoms with Crippen molar-refractivity contribution in [2.75, 3.05) is 26.2 Å². The molecule has 2 saturated heterocycles. The van der Waals surface area contributed by atoms with Crippen molar-refractivity contribution < 1.29 is 9.59 Å². The number of allylic oxidation sites excluding steroid dienone is 1. The van der Waals surface area contributed by atoms with Gasteiger partial charge in [-0.25, -0.2) is 0 Å². The van der Waals surface area contributed by atoms with E-state index in [0.29, 0.717) is 35.0 Å². The van der Waals surface area contributed by atoms with Crippen molar-refractivity contribution in [2.24, 2.45) is 46.3 Å². The highest BCUT2D eigenvalue weighted by Gasteiger charge is 2.60. The first-order chi connectivity index (χ1) is 18.1. The van der Waals surface area contributed by atoms with Crippen LogP contribution in [-0.4, -0.2) is 47.8 Å². The normalized spacial score (nSPS) is 39.6. The second-order valence-corrected chi connectivity index (χ2v) is 14.8. The summed E-state index contributed by atoms with van der Waals surface area (Å²) in [5, 5.41) is 0. The Hall–Kier alpha value is -1.32. The van der Waals surface area contributed by atoms with E-state index in [0.717, 1.165) is 69.6 Å². The van der Waals surface area contributed by atoms with Gasteiger partial charge in [-0.3, -0.25) is 9.59 Å². The third-order valence-electron chi connectivity index (χ3n) is 12.8. The molecule has 214 valence electrons. The van der Waals surface area contributed by atoms with Crippen molar-refractivity contribution in [1.29, 1.82) is 0 Å². The lowest BCUT2D eigenvalue weighted by Crippen LogP contribution is -2.52. The van der Waals surface area contributed by atoms with Crippen LogP contribution in [0.5, 0.6) is 0 Å². The number of nitrogens with zero attached hydrogens (tertiary/aromatic N) is 2. The standard InChI is InChI=1S/C34H56N2O2/c1-24(2)27-12-11-26-29-14-13-28(25(3)10-15-31(37)35-20-6-7-21-35)34(29,5)18-16-30(26)33(27,4)19-17-32(38)36-22-8-9-23-36/h25-30H,1,6-23H2,2-5H3/t25-,26+,27?,28-,29+,30+,33+,34-/m1/s1. The van der Waals surface area contributed by atoms with Crippen LogP contribution in [0.4, 0.5) is 0 Å². The van der Waals surface area contributed by atoms with Crippen LogP contribution in [-0.2, 0) is 9.59 Å². The zero-order valence-corrected chi connectivity index (χ0v) is 25.1. The Morgan fingerprint density at radius 2 is 1.45 bits per heavy atom. The zero-order valence-electron chi connectivity index (χ0n) is 25.1. The predicted molar refractivity (Wildman–Crippen MR) is 155 cm³/mol. The largest absolute Gasteiger partial charge is 0.343 e. The fraction of sp³-hybridized carbons (Fsp3) is 0.882. The molecule has 5 aliphatic rings. The molecule has 2 aliphatic heterocycles. The molecule has 1 unspecified atom stereocenters. The Bertz CT molecular complexity index is 887. The van der Waals surface area contributed by atoms with Crippen molar-refractivity contribution in [1.82, 2.24) is 9.80 Å². The molecule has 0 aromatic heterocycles. The summed E-state index contributed by atoms with van der Waals surface area (Å²) in [5.74, 6) is 5.04. The third-order valence-corrected chi connectivity index (χ3v) is 12.8. The summed E-state index contributed by atoms with van der Waals surface area (Å²) < 4.78 is 0. The lowest BCUT2D eigenvalue weighted by molar-refractivity contribution is -0.133. The van der Waals surface area contributed by atoms with Crippen molar-refractivity contribution in [2.45, 2.75) is 118 Å². The number of carbonyl (C=O) groups excluding carboxylic acids is 2. The molecule has 3 saturated carbocycles. The van der Waals surface area contributed by atoms with E-state index < -0.39 is 0 Å². The van der Waals surface area contributed by atoms with E-state index in [9.17, 15) is 9.59 Å². The number of likely N-dealkylation sites (tertiary alicyclic amines) is 2. The second kappa shape index (κ2) is 11.3.